The number of carbonyl (C=O) groups is 1. The second-order valence-electron chi connectivity index (χ2n) is 4.79. The summed E-state index contributed by atoms with van der Waals surface area (Å²) < 4.78 is 0.716. The maximum Gasteiger partial charge on any atom is 0.194 e. The van der Waals surface area contributed by atoms with Crippen LogP contribution in [0.2, 0.25) is 5.02 Å². The molecule has 21 heavy (non-hydrogen) atoms. The molecule has 2 aromatic carbocycles. The molecular weight excluding hydrogens is 350 g/mol. The summed E-state index contributed by atoms with van der Waals surface area (Å²) in [7, 11) is 0. The summed E-state index contributed by atoms with van der Waals surface area (Å²) in [5, 5.41) is 1.38. The Morgan fingerprint density at radius 1 is 1.14 bits per heavy atom. The van der Waals surface area contributed by atoms with Crippen molar-refractivity contribution in [3.05, 3.63) is 74.8 Å². The number of carbonyl (C=O) groups excluding carboxylic acids is 1. The van der Waals surface area contributed by atoms with Crippen LogP contribution in [0.5, 0.6) is 0 Å². The van der Waals surface area contributed by atoms with Crippen LogP contribution in [-0.2, 0) is 0 Å². The van der Waals surface area contributed by atoms with Gasteiger partial charge in [-0.1, -0.05) is 23.7 Å². The van der Waals surface area contributed by atoms with Crippen LogP contribution in [0.25, 0.3) is 10.9 Å². The molecule has 0 aliphatic rings. The van der Waals surface area contributed by atoms with Gasteiger partial charge in [0.2, 0.25) is 0 Å². The first-order chi connectivity index (χ1) is 10.1. The van der Waals surface area contributed by atoms with Crippen LogP contribution < -0.4 is 0 Å². The first-order valence-corrected chi connectivity index (χ1v) is 7.59. The average Bonchev–Trinajstić information content (AvgIpc) is 2.49. The van der Waals surface area contributed by atoms with E-state index in [1.54, 1.807) is 18.2 Å². The summed E-state index contributed by atoms with van der Waals surface area (Å²) in [6.45, 7) is 1.94. The van der Waals surface area contributed by atoms with Crippen molar-refractivity contribution in [3.8, 4) is 0 Å². The number of hydrogen-bond donors (Lipinski definition) is 0. The van der Waals surface area contributed by atoms with Crippen molar-refractivity contribution in [2.75, 3.05) is 0 Å². The van der Waals surface area contributed by atoms with E-state index in [0.717, 1.165) is 16.6 Å². The van der Waals surface area contributed by atoms with E-state index in [9.17, 15) is 4.79 Å². The van der Waals surface area contributed by atoms with Crippen LogP contribution in [-0.4, -0.2) is 10.8 Å². The highest BCUT2D eigenvalue weighted by atomic mass is 79.9. The minimum absolute atomic E-state index is 0.0937. The van der Waals surface area contributed by atoms with E-state index in [4.69, 9.17) is 11.6 Å². The van der Waals surface area contributed by atoms with Crippen LogP contribution in [0.3, 0.4) is 0 Å². The van der Waals surface area contributed by atoms with Gasteiger partial charge < -0.3 is 0 Å². The van der Waals surface area contributed by atoms with E-state index in [2.05, 4.69) is 20.9 Å². The number of aromatic nitrogens is 1. The lowest BCUT2D eigenvalue weighted by Gasteiger charge is -2.06. The summed E-state index contributed by atoms with van der Waals surface area (Å²) >= 11 is 9.54. The molecule has 0 atom stereocenters. The maximum atomic E-state index is 12.6. The van der Waals surface area contributed by atoms with Crippen LogP contribution in [0, 0.1) is 6.92 Å². The van der Waals surface area contributed by atoms with E-state index in [0.29, 0.717) is 20.6 Å². The molecule has 104 valence electrons. The number of benzene rings is 2. The van der Waals surface area contributed by atoms with Crippen LogP contribution in [0.15, 0.2) is 53.0 Å². The molecule has 0 saturated carbocycles. The first kappa shape index (κ1) is 14.2. The number of nitrogens with zero attached hydrogens (tertiary/aromatic N) is 1. The fourth-order valence-corrected chi connectivity index (χ4v) is 2.78. The third kappa shape index (κ3) is 2.71. The maximum absolute atomic E-state index is 12.6. The van der Waals surface area contributed by atoms with Gasteiger partial charge in [-0.25, -0.2) is 0 Å². The molecule has 3 aromatic rings. The molecule has 0 amide bonds. The predicted octanol–water partition coefficient (Wildman–Crippen LogP) is 5.19. The van der Waals surface area contributed by atoms with Gasteiger partial charge in [0.05, 0.1) is 10.5 Å². The van der Waals surface area contributed by atoms with Crippen molar-refractivity contribution in [1.82, 2.24) is 4.98 Å². The molecule has 3 rings (SSSR count). The van der Waals surface area contributed by atoms with E-state index in [-0.39, 0.29) is 5.78 Å². The van der Waals surface area contributed by atoms with Gasteiger partial charge in [0.1, 0.15) is 0 Å². The van der Waals surface area contributed by atoms with Crippen molar-refractivity contribution in [3.63, 3.8) is 0 Å². The highest BCUT2D eigenvalue weighted by molar-refractivity contribution is 9.10. The molecule has 4 heteroatoms. The van der Waals surface area contributed by atoms with Crippen LogP contribution >= 0.6 is 27.5 Å². The van der Waals surface area contributed by atoms with Crippen molar-refractivity contribution >= 4 is 44.2 Å². The number of fused-ring (bicyclic) bond motifs is 1. The fourth-order valence-electron chi connectivity index (χ4n) is 2.20. The Morgan fingerprint density at radius 2 is 1.95 bits per heavy atom. The quantitative estimate of drug-likeness (QED) is 0.589. The average molecular weight is 361 g/mol. The van der Waals surface area contributed by atoms with Gasteiger partial charge >= 0.3 is 0 Å². The van der Waals surface area contributed by atoms with Gasteiger partial charge in [-0.2, -0.15) is 0 Å². The zero-order valence-electron chi connectivity index (χ0n) is 11.2. The van der Waals surface area contributed by atoms with Crippen molar-refractivity contribution < 1.29 is 4.79 Å². The summed E-state index contributed by atoms with van der Waals surface area (Å²) in [6, 6.07) is 14.7. The molecule has 0 unspecified atom stereocenters. The molecular formula is C17H11BrClNO. The highest BCUT2D eigenvalue weighted by Gasteiger charge is 2.15. The molecule has 0 aliphatic carbocycles. The highest BCUT2D eigenvalue weighted by Crippen LogP contribution is 2.28. The Morgan fingerprint density at radius 3 is 2.76 bits per heavy atom. The van der Waals surface area contributed by atoms with E-state index < -0.39 is 0 Å². The third-order valence-electron chi connectivity index (χ3n) is 3.29. The minimum Gasteiger partial charge on any atom is -0.289 e. The molecule has 0 saturated heterocycles. The predicted molar refractivity (Wildman–Crippen MR) is 89.1 cm³/mol. The topological polar surface area (TPSA) is 30.0 Å². The second kappa shape index (κ2) is 5.58. The Kier molecular flexibility index (Phi) is 3.79. The number of pyridine rings is 1. The van der Waals surface area contributed by atoms with E-state index >= 15 is 0 Å². The molecule has 0 bridgehead atoms. The molecule has 0 radical (unpaired) electrons. The lowest BCUT2D eigenvalue weighted by atomic mass is 10.0. The Bertz CT molecular complexity index is 861. The number of ketones is 1. The van der Waals surface area contributed by atoms with E-state index in [1.165, 1.54) is 0 Å². The molecule has 0 N–H and O–H groups in total. The van der Waals surface area contributed by atoms with Crippen LogP contribution in [0.1, 0.15) is 21.6 Å². The first-order valence-electron chi connectivity index (χ1n) is 6.42. The Labute approximate surface area is 135 Å². The normalized spacial score (nSPS) is 10.8. The Balaban J connectivity index is 2.09. The van der Waals surface area contributed by atoms with Crippen molar-refractivity contribution in [2.24, 2.45) is 0 Å². The van der Waals surface area contributed by atoms with Gasteiger partial charge in [0, 0.05) is 26.7 Å². The van der Waals surface area contributed by atoms with Crippen LogP contribution in [0.4, 0.5) is 0 Å². The lowest BCUT2D eigenvalue weighted by molar-refractivity contribution is 0.103. The largest absolute Gasteiger partial charge is 0.289 e. The molecule has 1 aromatic heterocycles. The molecule has 2 nitrogen and oxygen atoms in total. The zero-order valence-corrected chi connectivity index (χ0v) is 13.6. The number of hydrogen-bond acceptors (Lipinski definition) is 2. The third-order valence-corrected chi connectivity index (χ3v) is 4.58. The molecule has 1 heterocycles. The number of rotatable bonds is 2. The van der Waals surface area contributed by atoms with E-state index in [1.807, 2.05) is 37.3 Å². The number of halogens is 2. The molecule has 0 fully saturated rings. The summed E-state index contributed by atoms with van der Waals surface area (Å²) in [6.07, 6.45) is 0. The summed E-state index contributed by atoms with van der Waals surface area (Å²) in [4.78, 5) is 17.0. The van der Waals surface area contributed by atoms with Gasteiger partial charge in [0.25, 0.3) is 0 Å². The standard InChI is InChI=1S/C17H11BrClNO/c1-10-5-6-11-9-12(7-8-15(11)20-10)17(21)13-3-2-4-14(18)16(13)19/h2-9H,1H3. The summed E-state index contributed by atoms with van der Waals surface area (Å²) in [5.41, 5.74) is 2.93. The van der Waals surface area contributed by atoms with Gasteiger partial charge in [-0.15, -0.1) is 0 Å². The number of aryl methyl sites for hydroxylation is 1. The zero-order chi connectivity index (χ0) is 15.0. The fraction of sp³-hybridized carbons (Fsp3) is 0.0588. The smallest absolute Gasteiger partial charge is 0.194 e. The minimum atomic E-state index is -0.0937. The lowest BCUT2D eigenvalue weighted by Crippen LogP contribution is -2.02. The van der Waals surface area contributed by atoms with Gasteiger partial charge in [0.15, 0.2) is 5.78 Å². The molecule has 0 aliphatic heterocycles. The van der Waals surface area contributed by atoms with Crippen molar-refractivity contribution in [2.45, 2.75) is 6.92 Å². The summed E-state index contributed by atoms with van der Waals surface area (Å²) in [5.74, 6) is -0.0937. The van der Waals surface area contributed by atoms with Gasteiger partial charge in [-0.3, -0.25) is 9.78 Å². The monoisotopic (exact) mass is 359 g/mol. The van der Waals surface area contributed by atoms with Crippen molar-refractivity contribution in [1.29, 1.82) is 0 Å². The second-order valence-corrected chi connectivity index (χ2v) is 6.02. The SMILES string of the molecule is Cc1ccc2cc(C(=O)c3cccc(Br)c3Cl)ccc2n1. The van der Waals surface area contributed by atoms with Gasteiger partial charge in [-0.05, 0) is 59.3 Å². The molecule has 0 spiro atoms. The Hall–Kier alpha value is -1.71.